The van der Waals surface area contributed by atoms with Crippen LogP contribution in [0.25, 0.3) is 10.9 Å². The Labute approximate surface area is 143 Å². The van der Waals surface area contributed by atoms with Crippen LogP contribution in [0.4, 0.5) is 0 Å². The molecule has 0 unspecified atom stereocenters. The molecule has 0 spiro atoms. The van der Waals surface area contributed by atoms with Gasteiger partial charge in [0.05, 0.1) is 5.52 Å². The van der Waals surface area contributed by atoms with Gasteiger partial charge in [-0.25, -0.2) is 0 Å². The molecular formula is C22H18NP. The summed E-state index contributed by atoms with van der Waals surface area (Å²) in [5.41, 5.74) is 2.18. The molecule has 0 aliphatic heterocycles. The number of nitrogens with zero attached hydrogens (tertiary/aromatic N) is 1. The van der Waals surface area contributed by atoms with Crippen molar-refractivity contribution in [3.63, 3.8) is 0 Å². The van der Waals surface area contributed by atoms with Crippen LogP contribution in [-0.2, 0) is 0 Å². The predicted molar refractivity (Wildman–Crippen MR) is 105 cm³/mol. The minimum Gasteiger partial charge on any atom is -0.252 e. The van der Waals surface area contributed by atoms with E-state index >= 15 is 0 Å². The number of aryl methyl sites for hydroxylation is 1. The van der Waals surface area contributed by atoms with Crippen molar-refractivity contribution in [2.24, 2.45) is 0 Å². The van der Waals surface area contributed by atoms with E-state index in [4.69, 9.17) is 4.98 Å². The highest BCUT2D eigenvalue weighted by Crippen LogP contribution is 2.35. The molecular weight excluding hydrogens is 309 g/mol. The molecule has 0 aliphatic carbocycles. The normalized spacial score (nSPS) is 11.1. The molecule has 0 radical (unpaired) electrons. The van der Waals surface area contributed by atoms with Crippen molar-refractivity contribution in [1.29, 1.82) is 0 Å². The molecule has 0 N–H and O–H groups in total. The number of para-hydroxylation sites is 1. The zero-order valence-corrected chi connectivity index (χ0v) is 14.4. The zero-order chi connectivity index (χ0) is 16.4. The molecule has 0 atom stereocenters. The maximum atomic E-state index is 4.86. The molecule has 1 nitrogen and oxygen atoms in total. The molecule has 24 heavy (non-hydrogen) atoms. The minimum absolute atomic E-state index is 0.621. The third-order valence-corrected chi connectivity index (χ3v) is 6.58. The van der Waals surface area contributed by atoms with E-state index in [0.29, 0.717) is 0 Å². The van der Waals surface area contributed by atoms with Crippen LogP contribution in [0.5, 0.6) is 0 Å². The second-order valence-corrected chi connectivity index (χ2v) is 7.99. The van der Waals surface area contributed by atoms with Gasteiger partial charge in [0.1, 0.15) is 0 Å². The quantitative estimate of drug-likeness (QED) is 0.511. The fourth-order valence-electron chi connectivity index (χ4n) is 2.99. The van der Waals surface area contributed by atoms with Gasteiger partial charge in [-0.05, 0) is 31.5 Å². The Bertz CT molecular complexity index is 925. The first-order valence-corrected chi connectivity index (χ1v) is 9.44. The van der Waals surface area contributed by atoms with E-state index in [1.165, 1.54) is 21.3 Å². The number of aromatic nitrogens is 1. The van der Waals surface area contributed by atoms with Crippen molar-refractivity contribution in [3.8, 4) is 0 Å². The van der Waals surface area contributed by atoms with E-state index in [2.05, 4.69) is 97.9 Å². The lowest BCUT2D eigenvalue weighted by molar-refractivity contribution is 1.26. The monoisotopic (exact) mass is 327 g/mol. The molecule has 4 rings (SSSR count). The first-order valence-electron chi connectivity index (χ1n) is 8.09. The Balaban J connectivity index is 2.00. The van der Waals surface area contributed by atoms with Crippen LogP contribution < -0.4 is 15.9 Å². The fourth-order valence-corrected chi connectivity index (χ4v) is 5.41. The molecule has 1 aromatic heterocycles. The topological polar surface area (TPSA) is 12.9 Å². The van der Waals surface area contributed by atoms with Crippen molar-refractivity contribution in [2.45, 2.75) is 6.92 Å². The lowest BCUT2D eigenvalue weighted by atomic mass is 10.2. The van der Waals surface area contributed by atoms with Crippen molar-refractivity contribution < 1.29 is 0 Å². The van der Waals surface area contributed by atoms with Gasteiger partial charge in [-0.3, -0.25) is 4.98 Å². The molecule has 0 fully saturated rings. The standard InChI is InChI=1S/C22H18NP/c1-17-15-16-18-9-8-14-21(22(18)23-17)24(19-10-4-2-5-11-19)20-12-6-3-7-13-20/h2-16H,1H3. The van der Waals surface area contributed by atoms with Gasteiger partial charge < -0.3 is 0 Å². The van der Waals surface area contributed by atoms with Crippen LogP contribution in [0.1, 0.15) is 5.69 Å². The van der Waals surface area contributed by atoms with Gasteiger partial charge in [0, 0.05) is 16.4 Å². The molecule has 116 valence electrons. The summed E-state index contributed by atoms with van der Waals surface area (Å²) in [6, 6.07) is 32.3. The van der Waals surface area contributed by atoms with Crippen LogP contribution in [0.15, 0.2) is 91.0 Å². The first kappa shape index (κ1) is 15.1. The van der Waals surface area contributed by atoms with Gasteiger partial charge >= 0.3 is 0 Å². The minimum atomic E-state index is -0.621. The summed E-state index contributed by atoms with van der Waals surface area (Å²) in [5, 5.41) is 5.24. The molecule has 3 aromatic carbocycles. The summed E-state index contributed by atoms with van der Waals surface area (Å²) in [6.45, 7) is 2.06. The first-order chi connectivity index (χ1) is 11.8. The molecule has 1 heterocycles. The van der Waals surface area contributed by atoms with Crippen LogP contribution in [0, 0.1) is 6.92 Å². The second-order valence-electron chi connectivity index (χ2n) is 5.81. The molecule has 0 saturated heterocycles. The summed E-state index contributed by atoms with van der Waals surface area (Å²) in [4.78, 5) is 4.86. The lowest BCUT2D eigenvalue weighted by Crippen LogP contribution is -2.21. The van der Waals surface area contributed by atoms with Gasteiger partial charge in [-0.1, -0.05) is 84.9 Å². The largest absolute Gasteiger partial charge is 0.252 e. The van der Waals surface area contributed by atoms with Crippen LogP contribution in [0.2, 0.25) is 0 Å². The van der Waals surface area contributed by atoms with Crippen molar-refractivity contribution >= 4 is 34.7 Å². The van der Waals surface area contributed by atoms with Gasteiger partial charge in [0.2, 0.25) is 0 Å². The zero-order valence-electron chi connectivity index (χ0n) is 13.6. The van der Waals surface area contributed by atoms with Crippen LogP contribution in [0.3, 0.4) is 0 Å². The number of benzene rings is 3. The highest BCUT2D eigenvalue weighted by molar-refractivity contribution is 7.80. The average molecular weight is 327 g/mol. The summed E-state index contributed by atoms with van der Waals surface area (Å²) in [6.07, 6.45) is 0. The van der Waals surface area contributed by atoms with Gasteiger partial charge in [0.25, 0.3) is 0 Å². The number of hydrogen-bond acceptors (Lipinski definition) is 1. The van der Waals surface area contributed by atoms with Crippen LogP contribution in [-0.4, -0.2) is 4.98 Å². The van der Waals surface area contributed by atoms with Crippen molar-refractivity contribution in [1.82, 2.24) is 4.98 Å². The van der Waals surface area contributed by atoms with Crippen LogP contribution >= 0.6 is 7.92 Å². The molecule has 0 aliphatic rings. The SMILES string of the molecule is Cc1ccc2cccc(P(c3ccccc3)c3ccccc3)c2n1. The second kappa shape index (κ2) is 6.55. The number of hydrogen-bond donors (Lipinski definition) is 0. The number of pyridine rings is 1. The van der Waals surface area contributed by atoms with Gasteiger partial charge in [0.15, 0.2) is 0 Å². The van der Waals surface area contributed by atoms with E-state index < -0.39 is 7.92 Å². The summed E-state index contributed by atoms with van der Waals surface area (Å²) in [7, 11) is -0.621. The smallest absolute Gasteiger partial charge is 0.0788 e. The Morgan fingerprint density at radius 3 is 1.88 bits per heavy atom. The van der Waals surface area contributed by atoms with Crippen molar-refractivity contribution in [2.75, 3.05) is 0 Å². The Morgan fingerprint density at radius 1 is 0.625 bits per heavy atom. The molecule has 2 heteroatoms. The Morgan fingerprint density at radius 2 is 1.25 bits per heavy atom. The average Bonchev–Trinajstić information content (AvgIpc) is 2.64. The maximum Gasteiger partial charge on any atom is 0.0788 e. The molecule has 0 amide bonds. The van der Waals surface area contributed by atoms with E-state index in [0.717, 1.165) is 11.2 Å². The summed E-state index contributed by atoms with van der Waals surface area (Å²) < 4.78 is 0. The Hall–Kier alpha value is -2.50. The molecule has 4 aromatic rings. The summed E-state index contributed by atoms with van der Waals surface area (Å²) in [5.74, 6) is 0. The summed E-state index contributed by atoms with van der Waals surface area (Å²) >= 11 is 0. The third kappa shape index (κ3) is 2.84. The third-order valence-electron chi connectivity index (χ3n) is 4.11. The Kier molecular flexibility index (Phi) is 4.11. The molecule has 0 saturated carbocycles. The van der Waals surface area contributed by atoms with E-state index in [-0.39, 0.29) is 0 Å². The predicted octanol–water partition coefficient (Wildman–Crippen LogP) is 4.30. The van der Waals surface area contributed by atoms with Gasteiger partial charge in [-0.15, -0.1) is 0 Å². The number of fused-ring (bicyclic) bond motifs is 1. The fraction of sp³-hybridized carbons (Fsp3) is 0.0455. The highest BCUT2D eigenvalue weighted by Gasteiger charge is 2.19. The van der Waals surface area contributed by atoms with Crippen molar-refractivity contribution in [3.05, 3.63) is 96.7 Å². The maximum absolute atomic E-state index is 4.86. The van der Waals surface area contributed by atoms with E-state index in [1.807, 2.05) is 0 Å². The highest BCUT2D eigenvalue weighted by atomic mass is 31.1. The molecule has 0 bridgehead atoms. The number of rotatable bonds is 3. The lowest BCUT2D eigenvalue weighted by Gasteiger charge is -2.20. The van der Waals surface area contributed by atoms with Gasteiger partial charge in [-0.2, -0.15) is 0 Å². The van der Waals surface area contributed by atoms with E-state index in [1.54, 1.807) is 0 Å². The van der Waals surface area contributed by atoms with E-state index in [9.17, 15) is 0 Å².